The van der Waals surface area contributed by atoms with Gasteiger partial charge in [-0.15, -0.1) is 11.3 Å². The molecule has 5 aliphatic rings. The number of hydrogen-bond acceptors (Lipinski definition) is 4. The molecule has 0 saturated heterocycles. The Morgan fingerprint density at radius 1 is 0.376 bits per heavy atom. The molecule has 2 aliphatic heterocycles. The largest absolute Gasteiger partial charge is 0.311 e. The molecule has 440 valence electrons. The number of benzene rings is 7. The predicted octanol–water partition coefficient (Wildman–Crippen LogP) is 21.4. The first kappa shape index (κ1) is 58.0. The number of nitrogens with zero attached hydrogens (tertiary/aromatic N) is 3. The Morgan fingerprint density at radius 3 is 1.21 bits per heavy atom. The maximum atomic E-state index is 2.78. The lowest BCUT2D eigenvalue weighted by atomic mass is 9.36. The zero-order valence-electron chi connectivity index (χ0n) is 55.7. The van der Waals surface area contributed by atoms with E-state index in [0.717, 1.165) is 23.5 Å². The topological polar surface area (TPSA) is 9.72 Å². The molecule has 0 amide bonds. The molecule has 3 aliphatic carbocycles. The van der Waals surface area contributed by atoms with E-state index in [1.165, 1.54) is 142 Å². The van der Waals surface area contributed by atoms with Crippen molar-refractivity contribution in [3.05, 3.63) is 177 Å². The van der Waals surface area contributed by atoms with Gasteiger partial charge in [-0.1, -0.05) is 188 Å². The monoisotopic (exact) mass is 1140 g/mol. The van der Waals surface area contributed by atoms with Gasteiger partial charge in [0.05, 0.1) is 5.69 Å². The van der Waals surface area contributed by atoms with Crippen LogP contribution in [-0.2, 0) is 48.7 Å². The van der Waals surface area contributed by atoms with Crippen LogP contribution in [0.1, 0.15) is 234 Å². The normalized spacial score (nSPS) is 19.3. The second kappa shape index (κ2) is 18.7. The van der Waals surface area contributed by atoms with E-state index < -0.39 is 0 Å². The summed E-state index contributed by atoms with van der Waals surface area (Å²) in [6.07, 6.45) is 7.05. The molecule has 0 unspecified atom stereocenters. The molecule has 0 atom stereocenters. The molecule has 0 N–H and O–H groups in total. The van der Waals surface area contributed by atoms with E-state index in [1.807, 2.05) is 0 Å². The first-order valence-electron chi connectivity index (χ1n) is 32.3. The minimum atomic E-state index is -0.162. The van der Waals surface area contributed by atoms with Gasteiger partial charge >= 0.3 is 0 Å². The Morgan fingerprint density at radius 2 is 0.765 bits per heavy atom. The van der Waals surface area contributed by atoms with Gasteiger partial charge in [0.15, 0.2) is 0 Å². The maximum Gasteiger partial charge on any atom is 0.264 e. The van der Waals surface area contributed by atoms with Crippen molar-refractivity contribution in [3.63, 3.8) is 0 Å². The summed E-state index contributed by atoms with van der Waals surface area (Å²) in [6.45, 7) is 51.0. The summed E-state index contributed by atoms with van der Waals surface area (Å²) in [5, 5.41) is 1.39. The average Bonchev–Trinajstić information content (AvgIpc) is 1.74. The van der Waals surface area contributed by atoms with Gasteiger partial charge in [-0.3, -0.25) is 0 Å². The fourth-order valence-electron chi connectivity index (χ4n) is 15.7. The lowest BCUT2D eigenvalue weighted by molar-refractivity contribution is 0.332. The molecule has 7 aromatic carbocycles. The van der Waals surface area contributed by atoms with Crippen LogP contribution in [0.2, 0.25) is 0 Å². The summed E-state index contributed by atoms with van der Waals surface area (Å²) in [6, 6.07) is 52.2. The van der Waals surface area contributed by atoms with Crippen molar-refractivity contribution in [1.29, 1.82) is 0 Å². The predicted molar refractivity (Wildman–Crippen MR) is 372 cm³/mol. The highest BCUT2D eigenvalue weighted by atomic mass is 32.1. The van der Waals surface area contributed by atoms with E-state index in [0.29, 0.717) is 0 Å². The van der Waals surface area contributed by atoms with Crippen molar-refractivity contribution in [1.82, 2.24) is 0 Å². The molecule has 13 rings (SSSR count). The average molecular weight is 1140 g/mol. The molecule has 0 saturated carbocycles. The van der Waals surface area contributed by atoms with Crippen molar-refractivity contribution < 1.29 is 0 Å². The molecule has 1 aromatic heterocycles. The second-order valence-corrected chi connectivity index (χ2v) is 35.0. The van der Waals surface area contributed by atoms with Crippen LogP contribution in [0.5, 0.6) is 0 Å². The number of hydrogen-bond donors (Lipinski definition) is 0. The maximum absolute atomic E-state index is 2.78. The van der Waals surface area contributed by atoms with Crippen LogP contribution < -0.4 is 30.4 Å². The number of thiophene rings is 1. The van der Waals surface area contributed by atoms with Crippen LogP contribution in [0.15, 0.2) is 127 Å². The molecule has 3 heterocycles. The molecule has 3 nitrogen and oxygen atoms in total. The summed E-state index contributed by atoms with van der Waals surface area (Å²) < 4.78 is 2.84. The van der Waals surface area contributed by atoms with Crippen LogP contribution in [0.25, 0.3) is 10.1 Å². The lowest BCUT2D eigenvalue weighted by Gasteiger charge is -2.46. The van der Waals surface area contributed by atoms with Crippen molar-refractivity contribution >= 4 is 95.0 Å². The standard InChI is InChI=1S/C80H96BN3S/c1-72(2,3)49-22-26-52(27-23-49)82(53-28-24-50(25-29-53)73(4,5)6)56-32-35-64-65(46-56)83(54-30-33-58-60(44-54)77(14,15)38-36-75(58,10)11)66-42-51(74(7,8)9)43-67-69(66)81(64)71-70(57-47-62-63(48-68(57)85-71)80(20,21)41-40-79(62,18)19)84(67)55-31-34-59-61(45-55)78(16,17)39-37-76(59,12)13/h22-35,42-48H,36-41H2,1-21H3. The van der Waals surface area contributed by atoms with E-state index in [2.05, 4.69) is 299 Å². The number of rotatable bonds is 5. The van der Waals surface area contributed by atoms with Crippen molar-refractivity contribution in [3.8, 4) is 0 Å². The quantitative estimate of drug-likeness (QED) is 0.159. The van der Waals surface area contributed by atoms with Gasteiger partial charge in [0.25, 0.3) is 6.71 Å². The minimum Gasteiger partial charge on any atom is -0.311 e. The van der Waals surface area contributed by atoms with Gasteiger partial charge in [-0.2, -0.15) is 0 Å². The lowest BCUT2D eigenvalue weighted by Crippen LogP contribution is -2.60. The number of anilines is 9. The van der Waals surface area contributed by atoms with Gasteiger partial charge in [0, 0.05) is 60.4 Å². The molecule has 8 aromatic rings. The van der Waals surface area contributed by atoms with Gasteiger partial charge in [-0.05, 0) is 233 Å². The first-order valence-corrected chi connectivity index (χ1v) is 33.1. The summed E-state index contributed by atoms with van der Waals surface area (Å²) in [5.74, 6) is 0. The van der Waals surface area contributed by atoms with E-state index >= 15 is 0 Å². The van der Waals surface area contributed by atoms with Crippen LogP contribution in [0, 0.1) is 0 Å². The van der Waals surface area contributed by atoms with Gasteiger partial charge in [0.2, 0.25) is 0 Å². The molecule has 0 fully saturated rings. The van der Waals surface area contributed by atoms with Gasteiger partial charge in [-0.25, -0.2) is 0 Å². The van der Waals surface area contributed by atoms with Crippen molar-refractivity contribution in [2.75, 3.05) is 14.7 Å². The van der Waals surface area contributed by atoms with Crippen molar-refractivity contribution in [2.24, 2.45) is 0 Å². The van der Waals surface area contributed by atoms with Crippen LogP contribution in [-0.4, -0.2) is 6.71 Å². The first-order chi connectivity index (χ1) is 39.5. The Kier molecular flexibility index (Phi) is 12.8. The molecule has 0 bridgehead atoms. The highest BCUT2D eigenvalue weighted by molar-refractivity contribution is 7.33. The van der Waals surface area contributed by atoms with Gasteiger partial charge < -0.3 is 14.7 Å². The van der Waals surface area contributed by atoms with Crippen molar-refractivity contribution in [2.45, 2.75) is 233 Å². The zero-order valence-corrected chi connectivity index (χ0v) is 56.5. The minimum absolute atomic E-state index is 0.0195. The SMILES string of the molecule is CC(C)(C)c1ccc(N(c2ccc(C(C)(C)C)cc2)c2ccc3c(c2)N(c2ccc4c(c2)C(C)(C)CCC4(C)C)c2cc(C(C)(C)C)cc4c2B3c2sc3cc5c(cc3c2N4c2ccc3c(c2)C(C)(C)CCC3(C)C)C(C)(C)CCC5(C)C)cc1. The van der Waals surface area contributed by atoms with E-state index in [-0.39, 0.29) is 55.4 Å². The fourth-order valence-corrected chi connectivity index (χ4v) is 17.1. The zero-order chi connectivity index (χ0) is 60.9. The molecular formula is C80H96BN3S. The van der Waals surface area contributed by atoms with E-state index in [4.69, 9.17) is 0 Å². The van der Waals surface area contributed by atoms with E-state index in [1.54, 1.807) is 0 Å². The summed E-state index contributed by atoms with van der Waals surface area (Å²) in [4.78, 5) is 8.02. The third-order valence-electron chi connectivity index (χ3n) is 21.9. The van der Waals surface area contributed by atoms with Gasteiger partial charge in [0.1, 0.15) is 0 Å². The third-order valence-corrected chi connectivity index (χ3v) is 23.1. The fraction of sp³-hybridized carbons (Fsp3) is 0.450. The van der Waals surface area contributed by atoms with Crippen LogP contribution in [0.3, 0.4) is 0 Å². The molecule has 85 heavy (non-hydrogen) atoms. The Balaban J connectivity index is 1.15. The molecule has 0 radical (unpaired) electrons. The Hall–Kier alpha value is -6.04. The highest BCUT2D eigenvalue weighted by Gasteiger charge is 2.49. The van der Waals surface area contributed by atoms with E-state index in [9.17, 15) is 0 Å². The van der Waals surface area contributed by atoms with Crippen LogP contribution in [0.4, 0.5) is 51.2 Å². The molecular weight excluding hydrogens is 1050 g/mol. The molecule has 0 spiro atoms. The smallest absolute Gasteiger partial charge is 0.264 e. The Labute approximate surface area is 516 Å². The molecule has 5 heteroatoms. The number of fused-ring (bicyclic) bond motifs is 9. The second-order valence-electron chi connectivity index (χ2n) is 33.9. The highest BCUT2D eigenvalue weighted by Crippen LogP contribution is 2.56. The van der Waals surface area contributed by atoms with Crippen LogP contribution >= 0.6 is 11.3 Å². The Bertz CT molecular complexity index is 3970. The third kappa shape index (κ3) is 9.30. The summed E-state index contributed by atoms with van der Waals surface area (Å²) >= 11 is 2.07. The summed E-state index contributed by atoms with van der Waals surface area (Å²) in [5.41, 5.74) is 27.2. The summed E-state index contributed by atoms with van der Waals surface area (Å²) in [7, 11) is 0.